The number of hydrogen-bond donors (Lipinski definition) is 2. The molecular formula is C11H17N3O. The largest absolute Gasteiger partial charge is 0.348 e. The molecule has 0 saturated carbocycles. The molecule has 0 fully saturated rings. The lowest BCUT2D eigenvalue weighted by molar-refractivity contribution is 0.0934. The molecule has 3 N–H and O–H groups in total. The smallest absolute Gasteiger partial charge is 0.270 e. The highest BCUT2D eigenvalue weighted by atomic mass is 16.1. The number of amides is 1. The van der Waals surface area contributed by atoms with Crippen LogP contribution in [0.4, 0.5) is 0 Å². The van der Waals surface area contributed by atoms with Crippen molar-refractivity contribution in [3.63, 3.8) is 0 Å². The number of rotatable bonds is 4. The highest BCUT2D eigenvalue weighted by molar-refractivity contribution is 5.92. The zero-order valence-electron chi connectivity index (χ0n) is 9.16. The Morgan fingerprint density at radius 1 is 1.67 bits per heavy atom. The fraction of sp³-hybridized carbons (Fsp3) is 0.455. The van der Waals surface area contributed by atoms with Crippen LogP contribution in [0.1, 0.15) is 36.3 Å². The summed E-state index contributed by atoms with van der Waals surface area (Å²) in [6.45, 7) is 4.41. The van der Waals surface area contributed by atoms with E-state index in [9.17, 15) is 4.79 Å². The predicted octanol–water partition coefficient (Wildman–Crippen LogP) is 1.07. The minimum atomic E-state index is -0.139. The van der Waals surface area contributed by atoms with Gasteiger partial charge in [0.25, 0.3) is 5.91 Å². The van der Waals surface area contributed by atoms with Crippen molar-refractivity contribution in [3.8, 4) is 0 Å². The van der Waals surface area contributed by atoms with E-state index in [1.807, 2.05) is 13.8 Å². The molecule has 0 radical (unpaired) electrons. The monoisotopic (exact) mass is 207 g/mol. The summed E-state index contributed by atoms with van der Waals surface area (Å²) in [5.41, 5.74) is 6.83. The second-order valence-corrected chi connectivity index (χ2v) is 3.54. The van der Waals surface area contributed by atoms with Crippen LogP contribution in [-0.4, -0.2) is 16.9 Å². The third-order valence-electron chi connectivity index (χ3n) is 2.28. The lowest BCUT2D eigenvalue weighted by Crippen LogP contribution is -2.32. The minimum Gasteiger partial charge on any atom is -0.348 e. The van der Waals surface area contributed by atoms with Crippen molar-refractivity contribution in [2.24, 2.45) is 5.73 Å². The van der Waals surface area contributed by atoms with Gasteiger partial charge in [-0.15, -0.1) is 0 Å². The molecule has 0 aliphatic rings. The molecule has 15 heavy (non-hydrogen) atoms. The van der Waals surface area contributed by atoms with Crippen molar-refractivity contribution in [2.45, 2.75) is 32.9 Å². The number of aromatic nitrogens is 1. The van der Waals surface area contributed by atoms with Crippen LogP contribution >= 0.6 is 0 Å². The summed E-state index contributed by atoms with van der Waals surface area (Å²) in [6.07, 6.45) is 2.51. The van der Waals surface area contributed by atoms with Crippen molar-refractivity contribution in [3.05, 3.63) is 29.6 Å². The lowest BCUT2D eigenvalue weighted by Gasteiger charge is -2.10. The lowest BCUT2D eigenvalue weighted by atomic mass is 10.2. The molecule has 1 atom stereocenters. The molecule has 1 heterocycles. The number of pyridine rings is 1. The maximum atomic E-state index is 11.7. The summed E-state index contributed by atoms with van der Waals surface area (Å²) in [7, 11) is 0. The van der Waals surface area contributed by atoms with E-state index in [0.717, 1.165) is 12.0 Å². The van der Waals surface area contributed by atoms with E-state index in [4.69, 9.17) is 5.73 Å². The van der Waals surface area contributed by atoms with Crippen LogP contribution in [0.3, 0.4) is 0 Å². The summed E-state index contributed by atoms with van der Waals surface area (Å²) in [4.78, 5) is 15.7. The van der Waals surface area contributed by atoms with Gasteiger partial charge in [-0.1, -0.05) is 6.92 Å². The van der Waals surface area contributed by atoms with Crippen LogP contribution in [-0.2, 0) is 6.54 Å². The fourth-order valence-corrected chi connectivity index (χ4v) is 1.13. The van der Waals surface area contributed by atoms with Gasteiger partial charge in [-0.3, -0.25) is 9.78 Å². The standard InChI is InChI=1S/C11H17N3O/c1-3-8(2)14-11(15)10-6-9(7-12)4-5-13-10/h4-6,8H,3,7,12H2,1-2H3,(H,14,15). The zero-order chi connectivity index (χ0) is 11.3. The maximum absolute atomic E-state index is 11.7. The molecule has 0 saturated heterocycles. The minimum absolute atomic E-state index is 0.139. The van der Waals surface area contributed by atoms with Gasteiger partial charge >= 0.3 is 0 Å². The van der Waals surface area contributed by atoms with Crippen molar-refractivity contribution < 1.29 is 4.79 Å². The highest BCUT2D eigenvalue weighted by Gasteiger charge is 2.09. The average Bonchev–Trinajstić information content (AvgIpc) is 2.28. The van der Waals surface area contributed by atoms with E-state index in [1.54, 1.807) is 18.3 Å². The third-order valence-corrected chi connectivity index (χ3v) is 2.28. The van der Waals surface area contributed by atoms with Crippen molar-refractivity contribution >= 4 is 5.91 Å². The van der Waals surface area contributed by atoms with E-state index in [2.05, 4.69) is 10.3 Å². The molecule has 1 unspecified atom stereocenters. The highest BCUT2D eigenvalue weighted by Crippen LogP contribution is 2.01. The molecule has 1 aromatic heterocycles. The molecule has 0 bridgehead atoms. The van der Waals surface area contributed by atoms with E-state index in [1.165, 1.54) is 0 Å². The van der Waals surface area contributed by atoms with Crippen LogP contribution in [0.15, 0.2) is 18.3 Å². The van der Waals surface area contributed by atoms with Crippen molar-refractivity contribution in [1.29, 1.82) is 0 Å². The van der Waals surface area contributed by atoms with Gasteiger partial charge in [-0.2, -0.15) is 0 Å². The number of nitrogens with one attached hydrogen (secondary N) is 1. The number of nitrogens with two attached hydrogens (primary N) is 1. The second-order valence-electron chi connectivity index (χ2n) is 3.54. The zero-order valence-corrected chi connectivity index (χ0v) is 9.16. The van der Waals surface area contributed by atoms with Gasteiger partial charge in [-0.05, 0) is 31.0 Å². The van der Waals surface area contributed by atoms with Crippen LogP contribution in [0.25, 0.3) is 0 Å². The van der Waals surface area contributed by atoms with Crippen molar-refractivity contribution in [2.75, 3.05) is 0 Å². The molecule has 4 heteroatoms. The molecule has 1 aromatic rings. The summed E-state index contributed by atoms with van der Waals surface area (Å²) in [5.74, 6) is -0.139. The Kier molecular flexibility index (Phi) is 4.24. The average molecular weight is 207 g/mol. The van der Waals surface area contributed by atoms with Gasteiger partial charge in [0.05, 0.1) is 0 Å². The first kappa shape index (κ1) is 11.7. The topological polar surface area (TPSA) is 68.0 Å². The summed E-state index contributed by atoms with van der Waals surface area (Å²) in [5, 5.41) is 2.85. The van der Waals surface area contributed by atoms with Gasteiger partial charge < -0.3 is 11.1 Å². The molecule has 1 rings (SSSR count). The van der Waals surface area contributed by atoms with Gasteiger partial charge in [-0.25, -0.2) is 0 Å². The van der Waals surface area contributed by atoms with Gasteiger partial charge in [0.15, 0.2) is 0 Å². The first-order valence-electron chi connectivity index (χ1n) is 5.13. The first-order chi connectivity index (χ1) is 7.17. The first-order valence-corrected chi connectivity index (χ1v) is 5.13. The Morgan fingerprint density at radius 2 is 2.40 bits per heavy atom. The van der Waals surface area contributed by atoms with Gasteiger partial charge in [0.2, 0.25) is 0 Å². The molecule has 0 spiro atoms. The van der Waals surface area contributed by atoms with Crippen LogP contribution in [0.2, 0.25) is 0 Å². The number of hydrogen-bond acceptors (Lipinski definition) is 3. The molecule has 0 aliphatic heterocycles. The SMILES string of the molecule is CCC(C)NC(=O)c1cc(CN)ccn1. The third kappa shape index (κ3) is 3.32. The Bertz CT molecular complexity index is 338. The summed E-state index contributed by atoms with van der Waals surface area (Å²) in [6, 6.07) is 3.69. The van der Waals surface area contributed by atoms with Gasteiger partial charge in [0.1, 0.15) is 5.69 Å². The van der Waals surface area contributed by atoms with Crippen LogP contribution in [0, 0.1) is 0 Å². The summed E-state index contributed by atoms with van der Waals surface area (Å²) < 4.78 is 0. The Morgan fingerprint density at radius 3 is 3.00 bits per heavy atom. The second kappa shape index (κ2) is 5.46. The quantitative estimate of drug-likeness (QED) is 0.776. The molecule has 82 valence electrons. The van der Waals surface area contributed by atoms with E-state index in [-0.39, 0.29) is 11.9 Å². The Labute approximate surface area is 89.9 Å². The van der Waals surface area contributed by atoms with Crippen molar-refractivity contribution in [1.82, 2.24) is 10.3 Å². The Balaban J connectivity index is 2.73. The normalized spacial score (nSPS) is 12.2. The number of carbonyl (C=O) groups excluding carboxylic acids is 1. The van der Waals surface area contributed by atoms with E-state index in [0.29, 0.717) is 12.2 Å². The molecule has 1 amide bonds. The molecule has 4 nitrogen and oxygen atoms in total. The molecular weight excluding hydrogens is 190 g/mol. The maximum Gasteiger partial charge on any atom is 0.270 e. The number of nitrogens with zero attached hydrogens (tertiary/aromatic N) is 1. The summed E-state index contributed by atoms with van der Waals surface area (Å²) >= 11 is 0. The molecule has 0 aliphatic carbocycles. The van der Waals surface area contributed by atoms with Crippen LogP contribution < -0.4 is 11.1 Å². The van der Waals surface area contributed by atoms with E-state index >= 15 is 0 Å². The predicted molar refractivity (Wildman–Crippen MR) is 59.3 cm³/mol. The fourth-order valence-electron chi connectivity index (χ4n) is 1.13. The molecule has 0 aromatic carbocycles. The van der Waals surface area contributed by atoms with Gasteiger partial charge in [0, 0.05) is 18.8 Å². The number of carbonyl (C=O) groups is 1. The Hall–Kier alpha value is -1.42. The van der Waals surface area contributed by atoms with Crippen LogP contribution in [0.5, 0.6) is 0 Å². The van der Waals surface area contributed by atoms with E-state index < -0.39 is 0 Å².